The zero-order chi connectivity index (χ0) is 15.5. The summed E-state index contributed by atoms with van der Waals surface area (Å²) < 4.78 is 5.52. The second-order valence-corrected chi connectivity index (χ2v) is 6.17. The van der Waals surface area contributed by atoms with Crippen LogP contribution in [0.1, 0.15) is 68.6 Å². The minimum atomic E-state index is -0.850. The third-order valence-electron chi connectivity index (χ3n) is 4.50. The van der Waals surface area contributed by atoms with Crippen molar-refractivity contribution >= 4 is 5.91 Å². The van der Waals surface area contributed by atoms with Crippen molar-refractivity contribution in [3.8, 4) is 6.07 Å². The maximum Gasteiger partial charge on any atom is 0.240 e. The van der Waals surface area contributed by atoms with Gasteiger partial charge < -0.3 is 9.73 Å². The highest BCUT2D eigenvalue weighted by atomic mass is 16.3. The summed E-state index contributed by atoms with van der Waals surface area (Å²) >= 11 is 0. The number of carbonyl (C=O) groups excluding carboxylic acids is 1. The first-order valence-electron chi connectivity index (χ1n) is 7.78. The second-order valence-electron chi connectivity index (χ2n) is 6.17. The van der Waals surface area contributed by atoms with Crippen LogP contribution in [0.2, 0.25) is 0 Å². The molecular weight excluding hydrogens is 264 g/mol. The fraction of sp³-hybridized carbons (Fsp3) is 0.647. The van der Waals surface area contributed by atoms with Crippen molar-refractivity contribution in [1.29, 1.82) is 5.26 Å². The molecule has 0 aromatic carbocycles. The summed E-state index contributed by atoms with van der Waals surface area (Å²) in [4.78, 5) is 12.6. The van der Waals surface area contributed by atoms with Crippen LogP contribution < -0.4 is 5.32 Å². The van der Waals surface area contributed by atoms with Gasteiger partial charge in [-0.05, 0) is 39.7 Å². The molecular formula is C17H24N2O2. The molecule has 1 aliphatic rings. The first-order chi connectivity index (χ1) is 9.98. The predicted molar refractivity (Wildman–Crippen MR) is 80.5 cm³/mol. The largest absolute Gasteiger partial charge is 0.466 e. The zero-order valence-corrected chi connectivity index (χ0v) is 13.2. The van der Waals surface area contributed by atoms with Crippen LogP contribution in [0.25, 0.3) is 0 Å². The third-order valence-corrected chi connectivity index (χ3v) is 4.50. The molecule has 1 saturated carbocycles. The summed E-state index contributed by atoms with van der Waals surface area (Å²) in [7, 11) is 0. The van der Waals surface area contributed by atoms with E-state index < -0.39 is 5.41 Å². The summed E-state index contributed by atoms with van der Waals surface area (Å²) in [6.07, 6.45) is 5.49. The molecule has 0 spiro atoms. The minimum absolute atomic E-state index is 0.127. The van der Waals surface area contributed by atoms with Crippen molar-refractivity contribution in [3.63, 3.8) is 0 Å². The summed E-state index contributed by atoms with van der Waals surface area (Å²) in [5, 5.41) is 12.6. The average molecular weight is 288 g/mol. The lowest BCUT2D eigenvalue weighted by molar-refractivity contribution is -0.129. The minimum Gasteiger partial charge on any atom is -0.466 e. The van der Waals surface area contributed by atoms with Crippen molar-refractivity contribution in [1.82, 2.24) is 5.32 Å². The van der Waals surface area contributed by atoms with Crippen LogP contribution in [0.15, 0.2) is 10.5 Å². The van der Waals surface area contributed by atoms with E-state index in [9.17, 15) is 10.1 Å². The average Bonchev–Trinajstić information content (AvgIpc) is 2.67. The van der Waals surface area contributed by atoms with Gasteiger partial charge in [-0.15, -0.1) is 0 Å². The molecule has 1 atom stereocenters. The van der Waals surface area contributed by atoms with Crippen molar-refractivity contribution in [2.45, 2.75) is 65.3 Å². The Bertz CT molecular complexity index is 546. The Balaban J connectivity index is 2.12. The smallest absolute Gasteiger partial charge is 0.240 e. The van der Waals surface area contributed by atoms with Crippen molar-refractivity contribution in [2.24, 2.45) is 5.41 Å². The van der Waals surface area contributed by atoms with Gasteiger partial charge in [-0.3, -0.25) is 4.79 Å². The third kappa shape index (κ3) is 3.29. The number of nitrogens with zero attached hydrogens (tertiary/aromatic N) is 1. The molecule has 1 N–H and O–H groups in total. The van der Waals surface area contributed by atoms with Crippen molar-refractivity contribution in [2.75, 3.05) is 0 Å². The molecule has 0 radical (unpaired) electrons. The molecule has 2 rings (SSSR count). The molecule has 1 amide bonds. The molecule has 0 bridgehead atoms. The van der Waals surface area contributed by atoms with Crippen molar-refractivity contribution in [3.05, 3.63) is 23.2 Å². The SMILES string of the molecule is Cc1cc(C(C)NC(=O)C2(C#N)CCCCCC2)c(C)o1. The Morgan fingerprint density at radius 1 is 1.33 bits per heavy atom. The summed E-state index contributed by atoms with van der Waals surface area (Å²) in [6.45, 7) is 5.74. The van der Waals surface area contributed by atoms with Crippen LogP contribution in [-0.4, -0.2) is 5.91 Å². The molecule has 0 aliphatic heterocycles. The first-order valence-corrected chi connectivity index (χ1v) is 7.78. The number of aryl methyl sites for hydroxylation is 2. The van der Waals surface area contributed by atoms with Crippen LogP contribution in [-0.2, 0) is 4.79 Å². The Morgan fingerprint density at radius 2 is 1.95 bits per heavy atom. The van der Waals surface area contributed by atoms with Crippen LogP contribution in [0.4, 0.5) is 0 Å². The number of hydrogen-bond acceptors (Lipinski definition) is 3. The van der Waals surface area contributed by atoms with Gasteiger partial charge in [-0.25, -0.2) is 0 Å². The molecule has 1 unspecified atom stereocenters. The number of hydrogen-bond donors (Lipinski definition) is 1. The van der Waals surface area contributed by atoms with Crippen LogP contribution in [0.5, 0.6) is 0 Å². The highest BCUT2D eigenvalue weighted by Crippen LogP contribution is 2.35. The van der Waals surface area contributed by atoms with Gasteiger partial charge >= 0.3 is 0 Å². The Labute approximate surface area is 126 Å². The normalized spacial score (nSPS) is 19.3. The van der Waals surface area contributed by atoms with Crippen molar-refractivity contribution < 1.29 is 9.21 Å². The van der Waals surface area contributed by atoms with Gasteiger partial charge in [-0.2, -0.15) is 5.26 Å². The first kappa shape index (κ1) is 15.6. The van der Waals surface area contributed by atoms with E-state index in [4.69, 9.17) is 4.42 Å². The summed E-state index contributed by atoms with van der Waals surface area (Å²) in [5.74, 6) is 1.54. The van der Waals surface area contributed by atoms with Crippen LogP contribution >= 0.6 is 0 Å². The standard InChI is InChI=1S/C17H24N2O2/c1-12-10-15(14(3)21-12)13(2)19-16(20)17(11-18)8-6-4-5-7-9-17/h10,13H,4-9H2,1-3H3,(H,19,20). The monoisotopic (exact) mass is 288 g/mol. The maximum atomic E-state index is 12.6. The van der Waals surface area contributed by atoms with E-state index in [0.29, 0.717) is 12.8 Å². The molecule has 1 aliphatic carbocycles. The molecule has 4 heteroatoms. The zero-order valence-electron chi connectivity index (χ0n) is 13.2. The van der Waals surface area contributed by atoms with Gasteiger partial charge in [0.1, 0.15) is 16.9 Å². The molecule has 4 nitrogen and oxygen atoms in total. The molecule has 1 aromatic heterocycles. The van der Waals surface area contributed by atoms with Gasteiger partial charge in [0, 0.05) is 5.56 Å². The lowest BCUT2D eigenvalue weighted by Crippen LogP contribution is -2.41. The van der Waals surface area contributed by atoms with E-state index in [2.05, 4.69) is 11.4 Å². The van der Waals surface area contributed by atoms with E-state index in [1.807, 2.05) is 26.8 Å². The molecule has 1 fully saturated rings. The molecule has 1 heterocycles. The number of nitriles is 1. The Kier molecular flexibility index (Phi) is 4.72. The Morgan fingerprint density at radius 3 is 2.43 bits per heavy atom. The molecule has 21 heavy (non-hydrogen) atoms. The summed E-state index contributed by atoms with van der Waals surface area (Å²) in [6, 6.07) is 4.11. The van der Waals surface area contributed by atoms with Crippen LogP contribution in [0.3, 0.4) is 0 Å². The predicted octanol–water partition coefficient (Wildman–Crippen LogP) is 3.94. The number of rotatable bonds is 3. The Hall–Kier alpha value is -1.76. The van der Waals surface area contributed by atoms with E-state index in [1.165, 1.54) is 0 Å². The second kappa shape index (κ2) is 6.34. The molecule has 0 saturated heterocycles. The van der Waals surface area contributed by atoms with Gasteiger partial charge in [-0.1, -0.05) is 25.7 Å². The van der Waals surface area contributed by atoms with E-state index in [-0.39, 0.29) is 11.9 Å². The van der Waals surface area contributed by atoms with E-state index in [0.717, 1.165) is 42.8 Å². The quantitative estimate of drug-likeness (QED) is 0.857. The number of nitrogens with one attached hydrogen (secondary N) is 1. The topological polar surface area (TPSA) is 66.0 Å². The highest BCUT2D eigenvalue weighted by Gasteiger charge is 2.39. The van der Waals surface area contributed by atoms with Crippen LogP contribution in [0, 0.1) is 30.6 Å². The van der Waals surface area contributed by atoms with Gasteiger partial charge in [0.25, 0.3) is 0 Å². The molecule has 1 aromatic rings. The van der Waals surface area contributed by atoms with E-state index in [1.54, 1.807) is 0 Å². The fourth-order valence-corrected chi connectivity index (χ4v) is 3.21. The number of amides is 1. The van der Waals surface area contributed by atoms with Gasteiger partial charge in [0.05, 0.1) is 12.1 Å². The van der Waals surface area contributed by atoms with Gasteiger partial charge in [0.2, 0.25) is 5.91 Å². The fourth-order valence-electron chi connectivity index (χ4n) is 3.21. The molecule has 114 valence electrons. The maximum absolute atomic E-state index is 12.6. The lowest BCUT2D eigenvalue weighted by atomic mass is 9.80. The number of carbonyl (C=O) groups is 1. The highest BCUT2D eigenvalue weighted by molar-refractivity contribution is 5.85. The number of furan rings is 1. The van der Waals surface area contributed by atoms with E-state index >= 15 is 0 Å². The lowest BCUT2D eigenvalue weighted by Gasteiger charge is -2.26. The summed E-state index contributed by atoms with van der Waals surface area (Å²) in [5.41, 5.74) is 0.139. The van der Waals surface area contributed by atoms with Gasteiger partial charge in [0.15, 0.2) is 0 Å².